The van der Waals surface area contributed by atoms with Gasteiger partial charge in [0, 0.05) is 18.8 Å². The topological polar surface area (TPSA) is 41.6 Å². The van der Waals surface area contributed by atoms with Crippen molar-refractivity contribution in [2.24, 2.45) is 0 Å². The maximum absolute atomic E-state index is 13.0. The van der Waals surface area contributed by atoms with Gasteiger partial charge in [-0.3, -0.25) is 9.69 Å². The predicted octanol–water partition coefficient (Wildman–Crippen LogP) is 2.53. The number of rotatable bonds is 3. The molecular weight excluding hydrogens is 283 g/mol. The van der Waals surface area contributed by atoms with Crippen LogP contribution < -0.4 is 5.32 Å². The van der Waals surface area contributed by atoms with Crippen molar-refractivity contribution in [3.8, 4) is 0 Å². The van der Waals surface area contributed by atoms with Crippen molar-refractivity contribution in [3.05, 3.63) is 29.0 Å². The second-order valence-electron chi connectivity index (χ2n) is 5.13. The first kappa shape index (κ1) is 15.2. The van der Waals surface area contributed by atoms with Crippen LogP contribution in [0.5, 0.6) is 0 Å². The Morgan fingerprint density at radius 1 is 1.45 bits per heavy atom. The number of ether oxygens (including phenoxy) is 1. The smallest absolute Gasteiger partial charge is 0.238 e. The van der Waals surface area contributed by atoms with Gasteiger partial charge in [0.25, 0.3) is 0 Å². The van der Waals surface area contributed by atoms with Crippen molar-refractivity contribution < 1.29 is 13.9 Å². The van der Waals surface area contributed by atoms with Gasteiger partial charge >= 0.3 is 0 Å². The van der Waals surface area contributed by atoms with Crippen LogP contribution in [-0.2, 0) is 9.53 Å². The molecule has 1 N–H and O–H groups in total. The number of carbonyl (C=O) groups excluding carboxylic acids is 1. The zero-order valence-electron chi connectivity index (χ0n) is 11.5. The SMILES string of the molecule is C[C@@H]1CN(CC(=O)Nc2ccc(F)c(Cl)c2)C[C@@H](C)O1. The molecule has 0 unspecified atom stereocenters. The average molecular weight is 301 g/mol. The van der Waals surface area contributed by atoms with Crippen LogP contribution in [0.2, 0.25) is 5.02 Å². The first-order chi connectivity index (χ1) is 9.44. The van der Waals surface area contributed by atoms with Gasteiger partial charge in [-0.25, -0.2) is 4.39 Å². The molecule has 0 saturated carbocycles. The first-order valence-corrected chi connectivity index (χ1v) is 6.94. The van der Waals surface area contributed by atoms with Crippen LogP contribution in [0.1, 0.15) is 13.8 Å². The minimum Gasteiger partial charge on any atom is -0.373 e. The molecule has 0 bridgehead atoms. The fourth-order valence-corrected chi connectivity index (χ4v) is 2.57. The van der Waals surface area contributed by atoms with Crippen molar-refractivity contribution in [3.63, 3.8) is 0 Å². The lowest BCUT2D eigenvalue weighted by molar-refractivity contribution is -0.121. The van der Waals surface area contributed by atoms with Gasteiger partial charge in [-0.1, -0.05) is 11.6 Å². The van der Waals surface area contributed by atoms with Gasteiger partial charge in [-0.05, 0) is 32.0 Å². The number of carbonyl (C=O) groups is 1. The van der Waals surface area contributed by atoms with Crippen LogP contribution in [0.15, 0.2) is 18.2 Å². The molecule has 110 valence electrons. The summed E-state index contributed by atoms with van der Waals surface area (Å²) >= 11 is 5.67. The second kappa shape index (κ2) is 6.52. The summed E-state index contributed by atoms with van der Waals surface area (Å²) in [7, 11) is 0. The molecule has 1 heterocycles. The molecule has 2 rings (SSSR count). The summed E-state index contributed by atoms with van der Waals surface area (Å²) in [5.74, 6) is -0.644. The summed E-state index contributed by atoms with van der Waals surface area (Å²) < 4.78 is 18.6. The third-order valence-electron chi connectivity index (χ3n) is 3.07. The minimum absolute atomic E-state index is 0.00332. The van der Waals surface area contributed by atoms with E-state index in [1.54, 1.807) is 0 Å². The van der Waals surface area contributed by atoms with Crippen LogP contribution >= 0.6 is 11.6 Å². The van der Waals surface area contributed by atoms with Gasteiger partial charge in [0.15, 0.2) is 0 Å². The standard InChI is InChI=1S/C14H18ClFN2O2/c1-9-6-18(7-10(2)20-9)8-14(19)17-11-3-4-13(16)12(15)5-11/h3-5,9-10H,6-8H2,1-2H3,(H,17,19)/t9-,10-/m1/s1. The van der Waals surface area contributed by atoms with E-state index in [9.17, 15) is 9.18 Å². The van der Waals surface area contributed by atoms with Crippen molar-refractivity contribution >= 4 is 23.2 Å². The molecule has 1 saturated heterocycles. The highest BCUT2D eigenvalue weighted by Gasteiger charge is 2.23. The molecule has 6 heteroatoms. The summed E-state index contributed by atoms with van der Waals surface area (Å²) in [4.78, 5) is 14.0. The number of anilines is 1. The molecule has 2 atom stereocenters. The lowest BCUT2D eigenvalue weighted by atomic mass is 10.2. The molecule has 1 fully saturated rings. The number of hydrogen-bond acceptors (Lipinski definition) is 3. The Hall–Kier alpha value is -1.17. The normalized spacial score (nSPS) is 23.6. The van der Waals surface area contributed by atoms with Crippen LogP contribution in [-0.4, -0.2) is 42.6 Å². The summed E-state index contributed by atoms with van der Waals surface area (Å²) in [5, 5.41) is 2.71. The number of benzene rings is 1. The fourth-order valence-electron chi connectivity index (χ4n) is 2.39. The lowest BCUT2D eigenvalue weighted by Crippen LogP contribution is -2.48. The molecule has 0 aromatic heterocycles. The Morgan fingerprint density at radius 3 is 2.70 bits per heavy atom. The van der Waals surface area contributed by atoms with E-state index < -0.39 is 5.82 Å². The molecule has 0 radical (unpaired) electrons. The fraction of sp³-hybridized carbons (Fsp3) is 0.500. The Morgan fingerprint density at radius 2 is 2.10 bits per heavy atom. The van der Waals surface area contributed by atoms with Gasteiger partial charge in [-0.15, -0.1) is 0 Å². The number of amides is 1. The first-order valence-electron chi connectivity index (χ1n) is 6.56. The van der Waals surface area contributed by atoms with E-state index >= 15 is 0 Å². The number of halogens is 2. The van der Waals surface area contributed by atoms with Crippen molar-refractivity contribution in [2.75, 3.05) is 25.0 Å². The summed E-state index contributed by atoms with van der Waals surface area (Å²) in [6.07, 6.45) is 0.235. The van der Waals surface area contributed by atoms with E-state index in [1.807, 2.05) is 18.7 Å². The quantitative estimate of drug-likeness (QED) is 0.932. The van der Waals surface area contributed by atoms with Crippen LogP contribution in [0.25, 0.3) is 0 Å². The molecule has 1 aliphatic heterocycles. The largest absolute Gasteiger partial charge is 0.373 e. The summed E-state index contributed by atoms with van der Waals surface area (Å²) in [5.41, 5.74) is 0.496. The molecule has 0 aliphatic carbocycles. The third-order valence-corrected chi connectivity index (χ3v) is 3.36. The highest BCUT2D eigenvalue weighted by Crippen LogP contribution is 2.19. The van der Waals surface area contributed by atoms with E-state index in [2.05, 4.69) is 5.32 Å². The van der Waals surface area contributed by atoms with Crippen LogP contribution in [0.3, 0.4) is 0 Å². The van der Waals surface area contributed by atoms with Gasteiger partial charge < -0.3 is 10.1 Å². The molecule has 1 aromatic rings. The predicted molar refractivity (Wildman–Crippen MR) is 76.5 cm³/mol. The van der Waals surface area contributed by atoms with Crippen LogP contribution in [0.4, 0.5) is 10.1 Å². The molecule has 1 aliphatic rings. The monoisotopic (exact) mass is 300 g/mol. The highest BCUT2D eigenvalue weighted by molar-refractivity contribution is 6.31. The van der Waals surface area contributed by atoms with Crippen molar-refractivity contribution in [1.29, 1.82) is 0 Å². The number of nitrogens with zero attached hydrogens (tertiary/aromatic N) is 1. The maximum Gasteiger partial charge on any atom is 0.238 e. The Labute approximate surface area is 122 Å². The number of nitrogens with one attached hydrogen (secondary N) is 1. The highest BCUT2D eigenvalue weighted by atomic mass is 35.5. The van der Waals surface area contributed by atoms with Gasteiger partial charge in [0.05, 0.1) is 23.8 Å². The Bertz CT molecular complexity index is 488. The third kappa shape index (κ3) is 4.16. The second-order valence-corrected chi connectivity index (χ2v) is 5.54. The van der Waals surface area contributed by atoms with Gasteiger partial charge in [-0.2, -0.15) is 0 Å². The molecule has 4 nitrogen and oxygen atoms in total. The average Bonchev–Trinajstić information content (AvgIpc) is 2.32. The van der Waals surface area contributed by atoms with Crippen molar-refractivity contribution in [2.45, 2.75) is 26.1 Å². The van der Waals surface area contributed by atoms with E-state index in [0.29, 0.717) is 5.69 Å². The zero-order chi connectivity index (χ0) is 14.7. The van der Waals surface area contributed by atoms with Gasteiger partial charge in [0.1, 0.15) is 5.82 Å². The molecular formula is C14H18ClFN2O2. The van der Waals surface area contributed by atoms with Gasteiger partial charge in [0.2, 0.25) is 5.91 Å². The Balaban J connectivity index is 1.90. The van der Waals surface area contributed by atoms with E-state index in [0.717, 1.165) is 13.1 Å². The summed E-state index contributed by atoms with van der Waals surface area (Å²) in [6.45, 7) is 5.71. The molecule has 1 amide bonds. The molecule has 20 heavy (non-hydrogen) atoms. The number of morpholine rings is 1. The van der Waals surface area contributed by atoms with Crippen molar-refractivity contribution in [1.82, 2.24) is 4.90 Å². The van der Waals surface area contributed by atoms with E-state index in [1.165, 1.54) is 18.2 Å². The maximum atomic E-state index is 13.0. The molecule has 0 spiro atoms. The lowest BCUT2D eigenvalue weighted by Gasteiger charge is -2.34. The van der Waals surface area contributed by atoms with E-state index in [4.69, 9.17) is 16.3 Å². The number of hydrogen-bond donors (Lipinski definition) is 1. The van der Waals surface area contributed by atoms with E-state index in [-0.39, 0.29) is 29.7 Å². The minimum atomic E-state index is -0.500. The Kier molecular flexibility index (Phi) is 4.96. The zero-order valence-corrected chi connectivity index (χ0v) is 12.3. The molecule has 1 aromatic carbocycles. The van der Waals surface area contributed by atoms with Crippen LogP contribution in [0, 0.1) is 5.82 Å². The summed E-state index contributed by atoms with van der Waals surface area (Å²) in [6, 6.07) is 4.12.